The lowest BCUT2D eigenvalue weighted by Gasteiger charge is -2.16. The zero-order chi connectivity index (χ0) is 14.2. The van der Waals surface area contributed by atoms with Gasteiger partial charge in [0, 0.05) is 14.1 Å². The first kappa shape index (κ1) is 13.3. The smallest absolute Gasteiger partial charge is 0.408 e. The van der Waals surface area contributed by atoms with E-state index in [1.54, 1.807) is 25.2 Å². The summed E-state index contributed by atoms with van der Waals surface area (Å²) in [5.41, 5.74) is 7.75. The van der Waals surface area contributed by atoms with Crippen molar-refractivity contribution >= 4 is 17.0 Å². The number of carbonyl (C=O) groups excluding carboxylic acids is 1. The quantitative estimate of drug-likeness (QED) is 0.434. The molecule has 0 radical (unpaired) electrons. The number of hydrogen-bond donors (Lipinski definition) is 2. The van der Waals surface area contributed by atoms with Crippen LogP contribution in [0.2, 0.25) is 0 Å². The average Bonchev–Trinajstić information content (AvgIpc) is 2.63. The van der Waals surface area contributed by atoms with Gasteiger partial charge in [-0.1, -0.05) is 6.07 Å². The highest BCUT2D eigenvalue weighted by Crippen LogP contribution is 2.15. The van der Waals surface area contributed by atoms with Gasteiger partial charge in [0.2, 0.25) is 0 Å². The Balaban J connectivity index is 2.27. The predicted molar refractivity (Wildman–Crippen MR) is 70.1 cm³/mol. The maximum absolute atomic E-state index is 11.6. The Morgan fingerprint density at radius 1 is 1.53 bits per heavy atom. The molecule has 0 spiro atoms. The summed E-state index contributed by atoms with van der Waals surface area (Å²) in [5.74, 6) is 4.57. The van der Waals surface area contributed by atoms with Crippen molar-refractivity contribution in [2.24, 2.45) is 18.6 Å². The molecule has 2 rings (SSSR count). The number of likely N-dealkylation sites (N-methyl/N-ethyl adjacent to an activating group) is 1. The molecule has 0 aliphatic carbocycles. The second kappa shape index (κ2) is 4.87. The lowest BCUT2D eigenvalue weighted by molar-refractivity contribution is -0.131. The molecule has 1 unspecified atom stereocenters. The third-order valence-corrected chi connectivity index (χ3v) is 2.98. The normalized spacial score (nSPS) is 12.6. The minimum atomic E-state index is -0.720. The topological polar surface area (TPSA) is 107 Å². The molecular weight excluding hydrogens is 248 g/mol. The van der Waals surface area contributed by atoms with Crippen molar-refractivity contribution in [3.63, 3.8) is 0 Å². The summed E-state index contributed by atoms with van der Waals surface area (Å²) in [5, 5.41) is 0.964. The Kier molecular flexibility index (Phi) is 3.41. The fourth-order valence-corrected chi connectivity index (χ4v) is 1.91. The molecule has 4 N–H and O–H groups in total. The molecular formula is C12H16N4O3. The summed E-state index contributed by atoms with van der Waals surface area (Å²) < 4.78 is 6.49. The minimum Gasteiger partial charge on any atom is -0.408 e. The predicted octanol–water partition coefficient (Wildman–Crippen LogP) is -0.667. The highest BCUT2D eigenvalue weighted by atomic mass is 16.4. The summed E-state index contributed by atoms with van der Waals surface area (Å²) in [6.45, 7) is 0. The number of oxazole rings is 1. The monoisotopic (exact) mass is 264 g/mol. The maximum atomic E-state index is 11.6. The van der Waals surface area contributed by atoms with Crippen LogP contribution in [-0.4, -0.2) is 28.6 Å². The maximum Gasteiger partial charge on any atom is 0.419 e. The molecule has 1 aromatic heterocycles. The summed E-state index contributed by atoms with van der Waals surface area (Å²) >= 11 is 0. The van der Waals surface area contributed by atoms with Crippen LogP contribution in [0.25, 0.3) is 11.1 Å². The van der Waals surface area contributed by atoms with Gasteiger partial charge in [-0.3, -0.25) is 14.4 Å². The van der Waals surface area contributed by atoms with Gasteiger partial charge in [0.15, 0.2) is 5.58 Å². The van der Waals surface area contributed by atoms with Crippen molar-refractivity contribution in [1.29, 1.82) is 0 Å². The number of benzene rings is 1. The molecule has 0 fully saturated rings. The number of fused-ring (bicyclic) bond motifs is 1. The van der Waals surface area contributed by atoms with E-state index in [2.05, 4.69) is 0 Å². The number of amides is 1. The van der Waals surface area contributed by atoms with Crippen LogP contribution >= 0.6 is 0 Å². The van der Waals surface area contributed by atoms with E-state index in [0.717, 1.165) is 10.6 Å². The van der Waals surface area contributed by atoms with E-state index >= 15 is 0 Å². The fraction of sp³-hybridized carbons (Fsp3) is 0.333. The van der Waals surface area contributed by atoms with Crippen LogP contribution < -0.4 is 17.3 Å². The highest BCUT2D eigenvalue weighted by molar-refractivity contribution is 5.81. The number of hydrazine groups is 1. The first-order chi connectivity index (χ1) is 8.90. The number of hydrogen-bond acceptors (Lipinski definition) is 5. The molecule has 7 nitrogen and oxygen atoms in total. The first-order valence-corrected chi connectivity index (χ1v) is 5.76. The summed E-state index contributed by atoms with van der Waals surface area (Å²) in [6, 6.07) is 4.56. The molecule has 1 heterocycles. The standard InChI is InChI=1S/C12H16N4O3/c1-15-9-4-3-7(6-10(9)19-12(15)18)5-8(13)11(17)16(2)14/h3-4,6,8H,5,13-14H2,1-2H3. The molecule has 1 atom stereocenters. The fourth-order valence-electron chi connectivity index (χ4n) is 1.91. The van der Waals surface area contributed by atoms with E-state index in [0.29, 0.717) is 17.5 Å². The Morgan fingerprint density at radius 2 is 2.21 bits per heavy atom. The summed E-state index contributed by atoms with van der Waals surface area (Å²) in [7, 11) is 3.08. The first-order valence-electron chi connectivity index (χ1n) is 5.76. The Hall–Kier alpha value is -2.12. The molecule has 7 heteroatoms. The van der Waals surface area contributed by atoms with Crippen molar-refractivity contribution in [2.75, 3.05) is 7.05 Å². The van der Waals surface area contributed by atoms with E-state index in [-0.39, 0.29) is 5.91 Å². The van der Waals surface area contributed by atoms with Crippen LogP contribution in [0.4, 0.5) is 0 Å². The zero-order valence-corrected chi connectivity index (χ0v) is 10.8. The lowest BCUT2D eigenvalue weighted by atomic mass is 10.1. The molecule has 0 aliphatic heterocycles. The minimum absolute atomic E-state index is 0.328. The van der Waals surface area contributed by atoms with Gasteiger partial charge in [0.05, 0.1) is 11.6 Å². The van der Waals surface area contributed by atoms with E-state index < -0.39 is 11.8 Å². The molecule has 1 amide bonds. The summed E-state index contributed by atoms with van der Waals surface area (Å²) in [6.07, 6.45) is 0.328. The van der Waals surface area contributed by atoms with E-state index in [1.165, 1.54) is 11.6 Å². The van der Waals surface area contributed by atoms with Crippen molar-refractivity contribution in [2.45, 2.75) is 12.5 Å². The van der Waals surface area contributed by atoms with Crippen LogP contribution in [0.5, 0.6) is 0 Å². The van der Waals surface area contributed by atoms with Gasteiger partial charge in [-0.05, 0) is 24.1 Å². The van der Waals surface area contributed by atoms with Gasteiger partial charge in [0.25, 0.3) is 5.91 Å². The molecule has 0 bridgehead atoms. The van der Waals surface area contributed by atoms with Crippen LogP contribution in [-0.2, 0) is 18.3 Å². The lowest BCUT2D eigenvalue weighted by Crippen LogP contribution is -2.46. The van der Waals surface area contributed by atoms with E-state index in [4.69, 9.17) is 16.0 Å². The van der Waals surface area contributed by atoms with Gasteiger partial charge < -0.3 is 10.2 Å². The van der Waals surface area contributed by atoms with E-state index in [9.17, 15) is 9.59 Å². The van der Waals surface area contributed by atoms with Crippen LogP contribution in [0.15, 0.2) is 27.4 Å². The number of aryl methyl sites for hydroxylation is 1. The van der Waals surface area contributed by atoms with E-state index in [1.807, 2.05) is 0 Å². The van der Waals surface area contributed by atoms with Gasteiger partial charge in [-0.15, -0.1) is 0 Å². The molecule has 19 heavy (non-hydrogen) atoms. The van der Waals surface area contributed by atoms with Crippen LogP contribution in [0, 0.1) is 0 Å². The van der Waals surface area contributed by atoms with Crippen molar-refractivity contribution in [1.82, 2.24) is 9.58 Å². The number of aromatic nitrogens is 1. The number of rotatable bonds is 3. The molecule has 1 aromatic carbocycles. The van der Waals surface area contributed by atoms with Gasteiger partial charge in [-0.25, -0.2) is 10.6 Å². The van der Waals surface area contributed by atoms with Crippen LogP contribution in [0.3, 0.4) is 0 Å². The molecule has 0 saturated heterocycles. The second-order valence-electron chi connectivity index (χ2n) is 4.49. The largest absolute Gasteiger partial charge is 0.419 e. The highest BCUT2D eigenvalue weighted by Gasteiger charge is 2.17. The molecule has 0 saturated carbocycles. The van der Waals surface area contributed by atoms with Gasteiger partial charge >= 0.3 is 5.76 Å². The third kappa shape index (κ3) is 2.51. The van der Waals surface area contributed by atoms with Gasteiger partial charge in [0.1, 0.15) is 0 Å². The van der Waals surface area contributed by atoms with Crippen molar-refractivity contribution in [3.05, 3.63) is 34.3 Å². The van der Waals surface area contributed by atoms with Crippen LogP contribution in [0.1, 0.15) is 5.56 Å². The second-order valence-corrected chi connectivity index (χ2v) is 4.49. The zero-order valence-electron chi connectivity index (χ0n) is 10.8. The Bertz CT molecular complexity index is 671. The molecule has 2 aromatic rings. The summed E-state index contributed by atoms with van der Waals surface area (Å²) in [4.78, 5) is 22.9. The average molecular weight is 264 g/mol. The van der Waals surface area contributed by atoms with Crippen molar-refractivity contribution < 1.29 is 9.21 Å². The Labute approximate surface area is 109 Å². The number of carbonyl (C=O) groups is 1. The Morgan fingerprint density at radius 3 is 2.84 bits per heavy atom. The number of nitrogens with zero attached hydrogens (tertiary/aromatic N) is 2. The van der Waals surface area contributed by atoms with Gasteiger partial charge in [-0.2, -0.15) is 0 Å². The number of nitrogens with two attached hydrogens (primary N) is 2. The molecule has 0 aliphatic rings. The SMILES string of the molecule is CN(N)C(=O)C(N)Cc1ccc2c(c1)oc(=O)n2C. The van der Waals surface area contributed by atoms with Crippen molar-refractivity contribution in [3.8, 4) is 0 Å². The third-order valence-electron chi connectivity index (χ3n) is 2.98. The molecule has 102 valence electrons.